The Morgan fingerprint density at radius 2 is 1.96 bits per heavy atom. The van der Waals surface area contributed by atoms with Gasteiger partial charge < -0.3 is 10.5 Å². The number of rotatable bonds is 5. The number of benzene rings is 2. The number of nitrogens with one attached hydrogen (secondary N) is 1. The predicted molar refractivity (Wildman–Crippen MR) is 98.8 cm³/mol. The first-order valence-corrected chi connectivity index (χ1v) is 9.17. The molecular formula is C18H17N3O4S. The van der Waals surface area contributed by atoms with Crippen molar-refractivity contribution in [1.82, 2.24) is 4.98 Å². The maximum absolute atomic E-state index is 12.8. The second kappa shape index (κ2) is 6.64. The molecule has 0 aliphatic heterocycles. The monoisotopic (exact) mass is 371 g/mol. The maximum atomic E-state index is 12.8. The summed E-state index contributed by atoms with van der Waals surface area (Å²) in [4.78, 5) is 15.7. The van der Waals surface area contributed by atoms with E-state index in [9.17, 15) is 13.2 Å². The summed E-state index contributed by atoms with van der Waals surface area (Å²) in [6, 6.07) is 10.9. The zero-order valence-corrected chi connectivity index (χ0v) is 15.0. The lowest BCUT2D eigenvalue weighted by atomic mass is 10.1. The van der Waals surface area contributed by atoms with Gasteiger partial charge in [-0.05, 0) is 48.9 Å². The van der Waals surface area contributed by atoms with Crippen LogP contribution in [-0.4, -0.2) is 26.4 Å². The first-order chi connectivity index (χ1) is 12.3. The molecule has 0 fully saturated rings. The van der Waals surface area contributed by atoms with Crippen molar-refractivity contribution in [2.24, 2.45) is 5.73 Å². The van der Waals surface area contributed by atoms with E-state index < -0.39 is 15.9 Å². The van der Waals surface area contributed by atoms with E-state index in [4.69, 9.17) is 10.5 Å². The Hall–Kier alpha value is -3.13. The van der Waals surface area contributed by atoms with E-state index in [2.05, 4.69) is 9.71 Å². The molecule has 2 aromatic carbocycles. The molecule has 3 rings (SSSR count). The number of anilines is 1. The Morgan fingerprint density at radius 3 is 2.65 bits per heavy atom. The summed E-state index contributed by atoms with van der Waals surface area (Å²) in [5.41, 5.74) is 6.97. The van der Waals surface area contributed by atoms with Crippen LogP contribution in [0.5, 0.6) is 5.75 Å². The second-order valence-corrected chi connectivity index (χ2v) is 7.34. The van der Waals surface area contributed by atoms with E-state index in [0.29, 0.717) is 27.9 Å². The second-order valence-electron chi connectivity index (χ2n) is 5.66. The number of ether oxygens (including phenoxy) is 1. The van der Waals surface area contributed by atoms with Crippen LogP contribution < -0.4 is 15.2 Å². The van der Waals surface area contributed by atoms with Crippen molar-refractivity contribution < 1.29 is 17.9 Å². The van der Waals surface area contributed by atoms with Gasteiger partial charge in [0.05, 0.1) is 17.7 Å². The van der Waals surface area contributed by atoms with Crippen molar-refractivity contribution in [1.29, 1.82) is 0 Å². The molecule has 0 spiro atoms. The minimum absolute atomic E-state index is 0.0511. The molecule has 26 heavy (non-hydrogen) atoms. The molecule has 3 N–H and O–H groups in total. The highest BCUT2D eigenvalue weighted by Gasteiger charge is 2.19. The van der Waals surface area contributed by atoms with Gasteiger partial charge in [0.1, 0.15) is 11.3 Å². The number of aryl methyl sites for hydroxylation is 1. The number of nitrogens with two attached hydrogens (primary N) is 1. The van der Waals surface area contributed by atoms with Crippen LogP contribution in [0.2, 0.25) is 0 Å². The number of nitrogens with zero attached hydrogens (tertiary/aromatic N) is 1. The first kappa shape index (κ1) is 17.7. The molecule has 0 bridgehead atoms. The van der Waals surface area contributed by atoms with Crippen LogP contribution in [0, 0.1) is 6.92 Å². The largest absolute Gasteiger partial charge is 0.494 e. The number of pyridine rings is 1. The summed E-state index contributed by atoms with van der Waals surface area (Å²) in [7, 11) is -2.40. The van der Waals surface area contributed by atoms with Gasteiger partial charge in [0.25, 0.3) is 10.0 Å². The molecule has 0 radical (unpaired) electrons. The summed E-state index contributed by atoms with van der Waals surface area (Å²) in [5.74, 6) is -0.145. The fourth-order valence-electron chi connectivity index (χ4n) is 2.64. The molecule has 0 atom stereocenters. The van der Waals surface area contributed by atoms with Crippen LogP contribution in [0.25, 0.3) is 10.9 Å². The molecule has 0 saturated heterocycles. The standard InChI is InChI=1S/C18H17N3O4S/c1-11-5-6-12(10-14(11)18(19)22)26(23,24)21-15-7-8-16(25-2)17-13(15)4-3-9-20-17/h3-10,21H,1-2H3,(H2,19,22). The number of carbonyl (C=O) groups is 1. The SMILES string of the molecule is COc1ccc(NS(=O)(=O)c2ccc(C)c(C(N)=O)c2)c2cccnc12. The minimum atomic E-state index is -3.92. The number of primary amides is 1. The van der Waals surface area contributed by atoms with Gasteiger partial charge >= 0.3 is 0 Å². The fourth-order valence-corrected chi connectivity index (χ4v) is 3.74. The number of hydrogen-bond donors (Lipinski definition) is 2. The number of aromatic nitrogens is 1. The minimum Gasteiger partial charge on any atom is -0.494 e. The average molecular weight is 371 g/mol. The van der Waals surface area contributed by atoms with Crippen molar-refractivity contribution in [3.63, 3.8) is 0 Å². The lowest BCUT2D eigenvalue weighted by Gasteiger charge is -2.13. The molecule has 1 amide bonds. The van der Waals surface area contributed by atoms with Crippen molar-refractivity contribution in [2.45, 2.75) is 11.8 Å². The smallest absolute Gasteiger partial charge is 0.261 e. The normalized spacial score (nSPS) is 11.3. The topological polar surface area (TPSA) is 111 Å². The van der Waals surface area contributed by atoms with Crippen LogP contribution in [-0.2, 0) is 10.0 Å². The van der Waals surface area contributed by atoms with E-state index in [1.807, 2.05) is 0 Å². The Bertz CT molecular complexity index is 1110. The quantitative estimate of drug-likeness (QED) is 0.715. The molecule has 0 saturated carbocycles. The molecule has 1 aromatic heterocycles. The summed E-state index contributed by atoms with van der Waals surface area (Å²) in [5, 5.41) is 0.595. The van der Waals surface area contributed by atoms with Crippen LogP contribution in [0.4, 0.5) is 5.69 Å². The number of carbonyl (C=O) groups excluding carboxylic acids is 1. The van der Waals surface area contributed by atoms with E-state index in [-0.39, 0.29) is 10.5 Å². The number of fused-ring (bicyclic) bond motifs is 1. The Labute approximate surface area is 150 Å². The third-order valence-electron chi connectivity index (χ3n) is 3.98. The maximum Gasteiger partial charge on any atom is 0.261 e. The summed E-state index contributed by atoms with van der Waals surface area (Å²) >= 11 is 0. The Balaban J connectivity index is 2.08. The van der Waals surface area contributed by atoms with E-state index in [1.54, 1.807) is 43.5 Å². The summed E-state index contributed by atoms with van der Waals surface area (Å²) in [6.07, 6.45) is 1.60. The van der Waals surface area contributed by atoms with Gasteiger partial charge in [0, 0.05) is 17.1 Å². The number of amides is 1. The van der Waals surface area contributed by atoms with Gasteiger partial charge in [-0.2, -0.15) is 0 Å². The van der Waals surface area contributed by atoms with Crippen LogP contribution >= 0.6 is 0 Å². The van der Waals surface area contributed by atoms with Gasteiger partial charge in [0.15, 0.2) is 0 Å². The molecular weight excluding hydrogens is 354 g/mol. The van der Waals surface area contributed by atoms with Gasteiger partial charge in [-0.25, -0.2) is 8.42 Å². The Morgan fingerprint density at radius 1 is 1.19 bits per heavy atom. The highest BCUT2D eigenvalue weighted by molar-refractivity contribution is 7.92. The zero-order chi connectivity index (χ0) is 18.9. The molecule has 1 heterocycles. The highest BCUT2D eigenvalue weighted by atomic mass is 32.2. The third-order valence-corrected chi connectivity index (χ3v) is 5.34. The molecule has 134 valence electrons. The number of sulfonamides is 1. The zero-order valence-electron chi connectivity index (χ0n) is 14.2. The molecule has 8 heteroatoms. The van der Waals surface area contributed by atoms with E-state index in [1.165, 1.54) is 19.2 Å². The number of methoxy groups -OCH3 is 1. The molecule has 7 nitrogen and oxygen atoms in total. The molecule has 0 aliphatic rings. The van der Waals surface area contributed by atoms with Crippen molar-refractivity contribution in [3.05, 3.63) is 59.8 Å². The van der Waals surface area contributed by atoms with E-state index >= 15 is 0 Å². The molecule has 0 unspecified atom stereocenters. The van der Waals surface area contributed by atoms with Crippen molar-refractivity contribution in [2.75, 3.05) is 11.8 Å². The average Bonchev–Trinajstić information content (AvgIpc) is 2.61. The summed E-state index contributed by atoms with van der Waals surface area (Å²) < 4.78 is 33.3. The first-order valence-electron chi connectivity index (χ1n) is 7.68. The third kappa shape index (κ3) is 3.18. The lowest BCUT2D eigenvalue weighted by molar-refractivity contribution is 0.0999. The van der Waals surface area contributed by atoms with Gasteiger partial charge in [0.2, 0.25) is 5.91 Å². The lowest BCUT2D eigenvalue weighted by Crippen LogP contribution is -2.17. The van der Waals surface area contributed by atoms with Gasteiger partial charge in [-0.1, -0.05) is 6.07 Å². The van der Waals surface area contributed by atoms with E-state index in [0.717, 1.165) is 0 Å². The van der Waals surface area contributed by atoms with Gasteiger partial charge in [-0.15, -0.1) is 0 Å². The van der Waals surface area contributed by atoms with Crippen molar-refractivity contribution >= 4 is 32.5 Å². The summed E-state index contributed by atoms with van der Waals surface area (Å²) in [6.45, 7) is 1.69. The molecule has 0 aliphatic carbocycles. The number of hydrogen-bond acceptors (Lipinski definition) is 5. The van der Waals surface area contributed by atoms with Gasteiger partial charge in [-0.3, -0.25) is 14.5 Å². The van der Waals surface area contributed by atoms with Crippen LogP contribution in [0.3, 0.4) is 0 Å². The van der Waals surface area contributed by atoms with Crippen molar-refractivity contribution in [3.8, 4) is 5.75 Å². The predicted octanol–water partition coefficient (Wildman–Crippen LogP) is 2.45. The van der Waals surface area contributed by atoms with Crippen LogP contribution in [0.1, 0.15) is 15.9 Å². The Kier molecular flexibility index (Phi) is 4.52. The highest BCUT2D eigenvalue weighted by Crippen LogP contribution is 2.31. The fraction of sp³-hybridized carbons (Fsp3) is 0.111. The molecule has 3 aromatic rings. The van der Waals surface area contributed by atoms with Crippen LogP contribution in [0.15, 0.2) is 53.6 Å².